The summed E-state index contributed by atoms with van der Waals surface area (Å²) in [6.45, 7) is 0. The number of H-pyrrole nitrogens is 1. The number of rotatable bonds is 5. The molecule has 3 N–H and O–H groups in total. The van der Waals surface area contributed by atoms with E-state index in [1.807, 2.05) is 18.3 Å². The molecule has 4 rings (SSSR count). The lowest BCUT2D eigenvalue weighted by molar-refractivity contribution is 0.0951. The van der Waals surface area contributed by atoms with Crippen LogP contribution in [0.2, 0.25) is 0 Å². The van der Waals surface area contributed by atoms with E-state index in [0.29, 0.717) is 17.7 Å². The molecule has 3 heterocycles. The van der Waals surface area contributed by atoms with E-state index in [-0.39, 0.29) is 23.6 Å². The quantitative estimate of drug-likeness (QED) is 0.654. The molecule has 1 aliphatic rings. The molecule has 2 amide bonds. The van der Waals surface area contributed by atoms with E-state index in [2.05, 4.69) is 25.6 Å². The van der Waals surface area contributed by atoms with E-state index in [1.54, 1.807) is 25.4 Å². The van der Waals surface area contributed by atoms with Crippen LogP contribution in [-0.2, 0) is 6.42 Å². The minimum absolute atomic E-state index is 0.164. The van der Waals surface area contributed by atoms with Crippen LogP contribution in [0.15, 0.2) is 36.7 Å². The number of carbonyl (C=O) groups excluding carboxylic acids is 2. The van der Waals surface area contributed by atoms with E-state index in [9.17, 15) is 9.59 Å². The molecule has 3 aromatic rings. The van der Waals surface area contributed by atoms with Crippen molar-refractivity contribution in [1.29, 1.82) is 0 Å². The minimum Gasteiger partial charge on any atom is -0.354 e. The summed E-state index contributed by atoms with van der Waals surface area (Å²) in [7, 11) is 1.55. The van der Waals surface area contributed by atoms with Crippen molar-refractivity contribution < 1.29 is 9.59 Å². The molecule has 0 bridgehead atoms. The first-order valence-electron chi connectivity index (χ1n) is 8.59. The Labute approximate surface area is 150 Å². The lowest BCUT2D eigenvalue weighted by atomic mass is 10.0. The first-order valence-corrected chi connectivity index (χ1v) is 8.59. The van der Waals surface area contributed by atoms with Gasteiger partial charge in [-0.2, -0.15) is 0 Å². The molecular formula is C19H19N5O2. The summed E-state index contributed by atoms with van der Waals surface area (Å²) >= 11 is 0. The molecule has 0 radical (unpaired) electrons. The zero-order valence-corrected chi connectivity index (χ0v) is 14.4. The summed E-state index contributed by atoms with van der Waals surface area (Å²) in [4.78, 5) is 36.3. The maximum Gasteiger partial charge on any atom is 0.269 e. The largest absolute Gasteiger partial charge is 0.354 e. The van der Waals surface area contributed by atoms with Crippen LogP contribution >= 0.6 is 0 Å². The number of hydrogen-bond donors (Lipinski definition) is 3. The summed E-state index contributed by atoms with van der Waals surface area (Å²) in [6, 6.07) is 7.43. The smallest absolute Gasteiger partial charge is 0.269 e. The average Bonchev–Trinajstić information content (AvgIpc) is 3.33. The van der Waals surface area contributed by atoms with Gasteiger partial charge in [0.2, 0.25) is 0 Å². The van der Waals surface area contributed by atoms with Gasteiger partial charge in [0, 0.05) is 48.5 Å². The van der Waals surface area contributed by atoms with Gasteiger partial charge in [-0.3, -0.25) is 9.59 Å². The van der Waals surface area contributed by atoms with Gasteiger partial charge in [-0.15, -0.1) is 0 Å². The number of carbonyl (C=O) groups is 2. The molecule has 3 aromatic heterocycles. The fourth-order valence-corrected chi connectivity index (χ4v) is 2.92. The molecule has 132 valence electrons. The zero-order chi connectivity index (χ0) is 18.1. The van der Waals surface area contributed by atoms with Crippen LogP contribution in [0.3, 0.4) is 0 Å². The molecule has 1 saturated carbocycles. The molecule has 7 heteroatoms. The highest BCUT2D eigenvalue weighted by atomic mass is 16.2. The predicted octanol–water partition coefficient (Wildman–Crippen LogP) is 1.80. The third-order valence-corrected chi connectivity index (χ3v) is 4.43. The number of nitrogens with one attached hydrogen (secondary N) is 3. The van der Waals surface area contributed by atoms with Crippen LogP contribution in [0, 0.1) is 0 Å². The molecule has 0 unspecified atom stereocenters. The highest BCUT2D eigenvalue weighted by Gasteiger charge is 2.24. The fraction of sp³-hybridized carbons (Fsp3) is 0.263. The number of aromatic nitrogens is 3. The van der Waals surface area contributed by atoms with Gasteiger partial charge in [0.15, 0.2) is 0 Å². The van der Waals surface area contributed by atoms with E-state index in [1.165, 1.54) is 0 Å². The van der Waals surface area contributed by atoms with Crippen molar-refractivity contribution in [3.05, 3.63) is 59.2 Å². The van der Waals surface area contributed by atoms with Crippen LogP contribution < -0.4 is 10.6 Å². The molecule has 1 fully saturated rings. The lowest BCUT2D eigenvalue weighted by Gasteiger charge is -2.09. The monoisotopic (exact) mass is 349 g/mol. The van der Waals surface area contributed by atoms with Crippen molar-refractivity contribution >= 4 is 22.8 Å². The third-order valence-electron chi connectivity index (χ3n) is 4.43. The topological polar surface area (TPSA) is 99.8 Å². The predicted molar refractivity (Wildman–Crippen MR) is 97.0 cm³/mol. The maximum absolute atomic E-state index is 12.4. The average molecular weight is 349 g/mol. The van der Waals surface area contributed by atoms with Crippen molar-refractivity contribution in [2.75, 3.05) is 7.05 Å². The van der Waals surface area contributed by atoms with Crippen LogP contribution in [0.25, 0.3) is 11.0 Å². The molecule has 1 aliphatic carbocycles. The molecule has 26 heavy (non-hydrogen) atoms. The fourth-order valence-electron chi connectivity index (χ4n) is 2.92. The molecule has 0 aromatic carbocycles. The van der Waals surface area contributed by atoms with Gasteiger partial charge in [-0.1, -0.05) is 0 Å². The number of aromatic amines is 1. The van der Waals surface area contributed by atoms with Gasteiger partial charge in [-0.25, -0.2) is 9.97 Å². The van der Waals surface area contributed by atoms with Gasteiger partial charge >= 0.3 is 0 Å². The summed E-state index contributed by atoms with van der Waals surface area (Å²) < 4.78 is 0. The second-order valence-electron chi connectivity index (χ2n) is 6.45. The first-order chi connectivity index (χ1) is 12.6. The van der Waals surface area contributed by atoms with Crippen LogP contribution in [-0.4, -0.2) is 39.9 Å². The van der Waals surface area contributed by atoms with Gasteiger partial charge in [0.1, 0.15) is 11.3 Å². The minimum atomic E-state index is -0.311. The van der Waals surface area contributed by atoms with Gasteiger partial charge in [-0.05, 0) is 42.7 Å². The van der Waals surface area contributed by atoms with Crippen molar-refractivity contribution in [2.45, 2.75) is 25.3 Å². The van der Waals surface area contributed by atoms with Gasteiger partial charge < -0.3 is 15.6 Å². The van der Waals surface area contributed by atoms with Crippen LogP contribution in [0.4, 0.5) is 0 Å². The Morgan fingerprint density at radius 3 is 2.85 bits per heavy atom. The Bertz CT molecular complexity index is 991. The summed E-state index contributed by atoms with van der Waals surface area (Å²) in [6.07, 6.45) is 6.09. The summed E-state index contributed by atoms with van der Waals surface area (Å²) in [5.74, 6) is -0.475. The first kappa shape index (κ1) is 16.3. The summed E-state index contributed by atoms with van der Waals surface area (Å²) in [5.41, 5.74) is 3.20. The molecule has 0 saturated heterocycles. The summed E-state index contributed by atoms with van der Waals surface area (Å²) in [5, 5.41) is 6.53. The Kier molecular flexibility index (Phi) is 4.12. The number of amides is 2. The lowest BCUT2D eigenvalue weighted by Crippen LogP contribution is -2.27. The highest BCUT2D eigenvalue weighted by Crippen LogP contribution is 2.21. The van der Waals surface area contributed by atoms with Crippen molar-refractivity contribution in [2.24, 2.45) is 0 Å². The third kappa shape index (κ3) is 3.28. The maximum atomic E-state index is 12.4. The van der Waals surface area contributed by atoms with Gasteiger partial charge in [0.05, 0.1) is 0 Å². The number of fused-ring (bicyclic) bond motifs is 1. The SMILES string of the molecule is CNC(=O)c1cc(C(=O)NC2CC2)cc(Cc2ccnc3[nH]ccc23)n1. The Balaban J connectivity index is 1.70. The molecule has 7 nitrogen and oxygen atoms in total. The number of hydrogen-bond acceptors (Lipinski definition) is 4. The van der Waals surface area contributed by atoms with Crippen molar-refractivity contribution in [3.8, 4) is 0 Å². The second-order valence-corrected chi connectivity index (χ2v) is 6.45. The number of pyridine rings is 2. The number of nitrogens with zero attached hydrogens (tertiary/aromatic N) is 2. The van der Waals surface area contributed by atoms with Crippen molar-refractivity contribution in [1.82, 2.24) is 25.6 Å². The van der Waals surface area contributed by atoms with E-state index >= 15 is 0 Å². The Morgan fingerprint density at radius 2 is 2.08 bits per heavy atom. The second kappa shape index (κ2) is 6.59. The highest BCUT2D eigenvalue weighted by molar-refractivity contribution is 5.98. The van der Waals surface area contributed by atoms with Gasteiger partial charge in [0.25, 0.3) is 11.8 Å². The van der Waals surface area contributed by atoms with Crippen molar-refractivity contribution in [3.63, 3.8) is 0 Å². The van der Waals surface area contributed by atoms with E-state index in [4.69, 9.17) is 0 Å². The van der Waals surface area contributed by atoms with Crippen LogP contribution in [0.1, 0.15) is 44.9 Å². The Morgan fingerprint density at radius 1 is 1.23 bits per heavy atom. The molecule has 0 spiro atoms. The standard InChI is InChI=1S/C19H19N5O2/c1-20-19(26)16-10-12(18(25)24-13-2-3-13)9-14(23-16)8-11-4-6-21-17-15(11)5-7-22-17/h4-7,9-10,13H,2-3,8H2,1H3,(H,20,26)(H,21,22)(H,24,25). The van der Waals surface area contributed by atoms with E-state index < -0.39 is 0 Å². The van der Waals surface area contributed by atoms with E-state index in [0.717, 1.165) is 29.4 Å². The molecule has 0 aliphatic heterocycles. The Hall–Kier alpha value is -3.22. The molecule has 0 atom stereocenters. The molecular weight excluding hydrogens is 330 g/mol. The van der Waals surface area contributed by atoms with Crippen LogP contribution in [0.5, 0.6) is 0 Å². The zero-order valence-electron chi connectivity index (χ0n) is 14.4. The normalized spacial score (nSPS) is 13.6.